The van der Waals surface area contributed by atoms with E-state index in [1.165, 1.54) is 0 Å². The van der Waals surface area contributed by atoms with E-state index in [-0.39, 0.29) is 0 Å². The minimum atomic E-state index is 0.649. The van der Waals surface area contributed by atoms with Crippen molar-refractivity contribution >= 4 is 61.6 Å². The number of allylic oxidation sites excluding steroid dienone is 2. The van der Waals surface area contributed by atoms with Crippen molar-refractivity contribution < 1.29 is 0 Å². The van der Waals surface area contributed by atoms with Gasteiger partial charge in [0.2, 0.25) is 5.13 Å². The summed E-state index contributed by atoms with van der Waals surface area (Å²) in [6.07, 6.45) is 6.14. The summed E-state index contributed by atoms with van der Waals surface area (Å²) in [7, 11) is 0. The number of fused-ring (bicyclic) bond motifs is 1. The summed E-state index contributed by atoms with van der Waals surface area (Å²) in [5.74, 6) is 0.724. The lowest BCUT2D eigenvalue weighted by atomic mass is 10.1. The van der Waals surface area contributed by atoms with Crippen LogP contribution >= 0.6 is 22.9 Å². The van der Waals surface area contributed by atoms with Gasteiger partial charge >= 0.3 is 0 Å². The van der Waals surface area contributed by atoms with Gasteiger partial charge in [0, 0.05) is 10.6 Å². The molecule has 0 atom stereocenters. The smallest absolute Gasteiger partial charge is 0.212 e. The number of benzene rings is 3. The Labute approximate surface area is 195 Å². The van der Waals surface area contributed by atoms with E-state index < -0.39 is 0 Å². The fourth-order valence-corrected chi connectivity index (χ4v) is 4.46. The predicted molar refractivity (Wildman–Crippen MR) is 137 cm³/mol. The highest BCUT2D eigenvalue weighted by Gasteiger charge is 2.27. The van der Waals surface area contributed by atoms with Gasteiger partial charge in [-0.25, -0.2) is 9.99 Å². The minimum Gasteiger partial charge on any atom is -0.218 e. The van der Waals surface area contributed by atoms with Crippen molar-refractivity contribution in [3.05, 3.63) is 107 Å². The Morgan fingerprint density at radius 2 is 1.78 bits per heavy atom. The summed E-state index contributed by atoms with van der Waals surface area (Å²) in [4.78, 5) is 9.62. The fourth-order valence-electron chi connectivity index (χ4n) is 3.44. The van der Waals surface area contributed by atoms with Gasteiger partial charge in [-0.2, -0.15) is 10.1 Å². The van der Waals surface area contributed by atoms with Crippen molar-refractivity contribution in [2.45, 2.75) is 6.92 Å². The van der Waals surface area contributed by atoms with Crippen LogP contribution in [-0.4, -0.2) is 16.5 Å². The van der Waals surface area contributed by atoms with Crippen LogP contribution in [0, 0.1) is 0 Å². The lowest BCUT2D eigenvalue weighted by molar-refractivity contribution is 1.15. The maximum Gasteiger partial charge on any atom is 0.212 e. The standard InChI is InChI=1S/C26H19ClN4S/c1-18-22(14-7-11-19-9-3-2-4-10-19)25(31(30-18)21-13-8-12-20(27)17-21)29-26-28-23-15-5-6-16-24(23)32-26/h2-17H,1H3/b11-7+,22-14-,29-25+. The zero-order chi connectivity index (χ0) is 21.9. The summed E-state index contributed by atoms with van der Waals surface area (Å²) in [6.45, 7) is 1.99. The topological polar surface area (TPSA) is 40.9 Å². The molecule has 0 bridgehead atoms. The van der Waals surface area contributed by atoms with Crippen molar-refractivity contribution in [3.8, 4) is 0 Å². The van der Waals surface area contributed by atoms with Gasteiger partial charge in [-0.05, 0) is 48.9 Å². The first kappa shape index (κ1) is 20.4. The number of anilines is 1. The highest BCUT2D eigenvalue weighted by atomic mass is 35.5. The zero-order valence-corrected chi connectivity index (χ0v) is 18.9. The van der Waals surface area contributed by atoms with Crippen molar-refractivity contribution in [2.75, 3.05) is 5.01 Å². The van der Waals surface area contributed by atoms with E-state index in [4.69, 9.17) is 26.7 Å². The van der Waals surface area contributed by atoms with Crippen LogP contribution in [0.15, 0.2) is 107 Å². The summed E-state index contributed by atoms with van der Waals surface area (Å²) in [5, 5.41) is 7.94. The lowest BCUT2D eigenvalue weighted by Gasteiger charge is -2.15. The van der Waals surface area contributed by atoms with Crippen LogP contribution in [-0.2, 0) is 0 Å². The van der Waals surface area contributed by atoms with Gasteiger partial charge in [0.25, 0.3) is 0 Å². The molecule has 0 amide bonds. The Hall–Kier alpha value is -3.54. The third-order valence-corrected chi connectivity index (χ3v) is 6.13. The maximum absolute atomic E-state index is 6.26. The molecule has 0 N–H and O–H groups in total. The van der Waals surface area contributed by atoms with Gasteiger partial charge in [0.15, 0.2) is 5.84 Å². The Morgan fingerprint density at radius 3 is 2.59 bits per heavy atom. The molecule has 0 unspecified atom stereocenters. The third kappa shape index (κ3) is 4.26. The van der Waals surface area contributed by atoms with Crippen LogP contribution in [0.25, 0.3) is 16.3 Å². The van der Waals surface area contributed by atoms with E-state index in [9.17, 15) is 0 Å². The molecule has 0 saturated heterocycles. The molecule has 6 heteroatoms. The molecule has 1 aromatic heterocycles. The second-order valence-corrected chi connectivity index (χ2v) is 8.67. The fraction of sp³-hybridized carbons (Fsp3) is 0.0385. The van der Waals surface area contributed by atoms with Crippen molar-refractivity contribution in [1.82, 2.24) is 4.98 Å². The molecule has 5 rings (SSSR count). The number of halogens is 1. The first-order chi connectivity index (χ1) is 15.7. The Balaban J connectivity index is 1.58. The summed E-state index contributed by atoms with van der Waals surface area (Å²) in [6, 6.07) is 25.9. The van der Waals surface area contributed by atoms with Crippen LogP contribution in [0.5, 0.6) is 0 Å². The number of para-hydroxylation sites is 1. The number of aliphatic imine (C=N–C) groups is 1. The molecule has 4 aromatic rings. The lowest BCUT2D eigenvalue weighted by Crippen LogP contribution is -2.21. The molecule has 156 valence electrons. The van der Waals surface area contributed by atoms with Crippen LogP contribution in [0.2, 0.25) is 5.02 Å². The van der Waals surface area contributed by atoms with Gasteiger partial charge in [0.05, 0.1) is 21.6 Å². The van der Waals surface area contributed by atoms with E-state index in [0.29, 0.717) is 10.2 Å². The molecule has 0 saturated carbocycles. The second-order valence-electron chi connectivity index (χ2n) is 7.23. The minimum absolute atomic E-state index is 0.649. The van der Waals surface area contributed by atoms with E-state index in [1.807, 2.05) is 84.7 Å². The Morgan fingerprint density at radius 1 is 0.969 bits per heavy atom. The number of hydrogen-bond acceptors (Lipinski definition) is 4. The molecule has 1 aliphatic rings. The van der Waals surface area contributed by atoms with Crippen molar-refractivity contribution in [1.29, 1.82) is 0 Å². The first-order valence-corrected chi connectivity index (χ1v) is 11.4. The molecular formula is C26H19ClN4S. The van der Waals surface area contributed by atoms with Crippen LogP contribution in [0.4, 0.5) is 10.8 Å². The number of nitrogens with zero attached hydrogens (tertiary/aromatic N) is 4. The monoisotopic (exact) mass is 454 g/mol. The summed E-state index contributed by atoms with van der Waals surface area (Å²) in [5.41, 5.74) is 4.75. The van der Waals surface area contributed by atoms with Crippen LogP contribution in [0.1, 0.15) is 12.5 Å². The largest absolute Gasteiger partial charge is 0.218 e. The Bertz CT molecular complexity index is 1370. The van der Waals surface area contributed by atoms with Crippen LogP contribution in [0.3, 0.4) is 0 Å². The number of aromatic nitrogens is 1. The quantitative estimate of drug-likeness (QED) is 0.320. The van der Waals surface area contributed by atoms with Gasteiger partial charge in [-0.15, -0.1) is 0 Å². The van der Waals surface area contributed by atoms with Crippen molar-refractivity contribution in [3.63, 3.8) is 0 Å². The maximum atomic E-state index is 6.26. The average molecular weight is 455 g/mol. The number of thiazole rings is 1. The second kappa shape index (κ2) is 8.91. The average Bonchev–Trinajstić information content (AvgIpc) is 3.35. The predicted octanol–water partition coefficient (Wildman–Crippen LogP) is 7.52. The normalized spacial score (nSPS) is 16.6. The number of amidine groups is 1. The van der Waals surface area contributed by atoms with E-state index in [0.717, 1.165) is 38.6 Å². The number of rotatable bonds is 4. The molecule has 0 spiro atoms. The molecule has 0 aliphatic carbocycles. The van der Waals surface area contributed by atoms with Gasteiger partial charge in [-0.3, -0.25) is 0 Å². The van der Waals surface area contributed by atoms with E-state index >= 15 is 0 Å². The van der Waals surface area contributed by atoms with E-state index in [1.54, 1.807) is 11.3 Å². The molecule has 1 aliphatic heterocycles. The van der Waals surface area contributed by atoms with Gasteiger partial charge < -0.3 is 0 Å². The molecule has 2 heterocycles. The molecular weight excluding hydrogens is 436 g/mol. The van der Waals surface area contributed by atoms with Crippen molar-refractivity contribution in [2.24, 2.45) is 10.1 Å². The highest BCUT2D eigenvalue weighted by molar-refractivity contribution is 7.22. The first-order valence-electron chi connectivity index (χ1n) is 10.2. The highest BCUT2D eigenvalue weighted by Crippen LogP contribution is 2.32. The number of hydrazone groups is 1. The van der Waals surface area contributed by atoms with E-state index in [2.05, 4.69) is 24.3 Å². The Kier molecular flexibility index (Phi) is 5.67. The molecule has 0 radical (unpaired) electrons. The summed E-state index contributed by atoms with van der Waals surface area (Å²) >= 11 is 7.82. The van der Waals surface area contributed by atoms with Gasteiger partial charge in [0.1, 0.15) is 0 Å². The molecule has 0 fully saturated rings. The third-order valence-electron chi connectivity index (χ3n) is 4.97. The zero-order valence-electron chi connectivity index (χ0n) is 17.3. The molecule has 4 nitrogen and oxygen atoms in total. The van der Waals surface area contributed by atoms with Gasteiger partial charge in [-0.1, -0.05) is 83.6 Å². The SMILES string of the molecule is CC1=NN(c2cccc(Cl)c2)C(=N/c2nc3ccccc3s2)/C1=C\C=C\c1ccccc1. The molecule has 32 heavy (non-hydrogen) atoms. The summed E-state index contributed by atoms with van der Waals surface area (Å²) < 4.78 is 1.10. The molecule has 3 aromatic carbocycles. The number of hydrogen-bond donors (Lipinski definition) is 0. The van der Waals surface area contributed by atoms with Crippen LogP contribution < -0.4 is 5.01 Å².